The van der Waals surface area contributed by atoms with Crippen molar-refractivity contribution in [2.45, 2.75) is 25.4 Å². The van der Waals surface area contributed by atoms with Crippen LogP contribution >= 0.6 is 11.8 Å². The van der Waals surface area contributed by atoms with Crippen LogP contribution in [0.3, 0.4) is 0 Å². The molecular weight excluding hydrogens is 358 g/mol. The molecule has 136 valence electrons. The fraction of sp³-hybridized carbons (Fsp3) is 0.200. The van der Waals surface area contributed by atoms with E-state index in [1.54, 1.807) is 10.9 Å². The molecule has 7 heteroatoms. The smallest absolute Gasteiger partial charge is 0.214 e. The molecule has 0 aliphatic heterocycles. The Kier molecular flexibility index (Phi) is 4.77. The summed E-state index contributed by atoms with van der Waals surface area (Å²) in [5, 5.41) is 13.5. The first-order valence-corrected chi connectivity index (χ1v) is 9.76. The van der Waals surface area contributed by atoms with Crippen molar-refractivity contribution < 1.29 is 4.79 Å². The predicted molar refractivity (Wildman–Crippen MR) is 107 cm³/mol. The summed E-state index contributed by atoms with van der Waals surface area (Å²) < 4.78 is 1.66. The maximum absolute atomic E-state index is 12.8. The summed E-state index contributed by atoms with van der Waals surface area (Å²) in [4.78, 5) is 16.0. The van der Waals surface area contributed by atoms with E-state index >= 15 is 0 Å². The minimum atomic E-state index is 0.0540. The molecule has 2 heterocycles. The fourth-order valence-corrected chi connectivity index (χ4v) is 3.92. The molecule has 0 saturated heterocycles. The molecule has 27 heavy (non-hydrogen) atoms. The van der Waals surface area contributed by atoms with E-state index in [0.29, 0.717) is 10.7 Å². The number of aromatic amines is 1. The van der Waals surface area contributed by atoms with Gasteiger partial charge in [0, 0.05) is 22.7 Å². The summed E-state index contributed by atoms with van der Waals surface area (Å²) in [5.41, 5.74) is 4.97. The molecule has 1 N–H and O–H groups in total. The first kappa shape index (κ1) is 17.5. The highest BCUT2D eigenvalue weighted by atomic mass is 32.2. The minimum Gasteiger partial charge on any atom is -0.360 e. The van der Waals surface area contributed by atoms with Gasteiger partial charge in [0.25, 0.3) is 0 Å². The Hall–Kier alpha value is -2.93. The van der Waals surface area contributed by atoms with E-state index in [2.05, 4.69) is 33.5 Å². The molecule has 0 fully saturated rings. The molecule has 0 aliphatic rings. The third kappa shape index (κ3) is 3.38. The molecule has 0 saturated carbocycles. The third-order valence-electron chi connectivity index (χ3n) is 4.50. The first-order valence-electron chi connectivity index (χ1n) is 8.77. The van der Waals surface area contributed by atoms with Gasteiger partial charge >= 0.3 is 0 Å². The highest BCUT2D eigenvalue weighted by molar-refractivity contribution is 7.99. The zero-order chi connectivity index (χ0) is 18.8. The van der Waals surface area contributed by atoms with Crippen molar-refractivity contribution in [2.75, 3.05) is 5.75 Å². The van der Waals surface area contributed by atoms with Crippen LogP contribution in [0.25, 0.3) is 16.6 Å². The van der Waals surface area contributed by atoms with Gasteiger partial charge in [-0.05, 0) is 47.0 Å². The number of nitrogens with zero attached hydrogens (tertiary/aromatic N) is 4. The summed E-state index contributed by atoms with van der Waals surface area (Å²) in [6.45, 7) is 4.13. The molecular formula is C20H19N5OS. The maximum Gasteiger partial charge on any atom is 0.214 e. The number of carbonyl (C=O) groups excluding carboxylic acids is 1. The van der Waals surface area contributed by atoms with Gasteiger partial charge in [0.05, 0.1) is 11.4 Å². The molecule has 0 aliphatic carbocycles. The Morgan fingerprint density at radius 1 is 1.22 bits per heavy atom. The minimum absolute atomic E-state index is 0.0540. The van der Waals surface area contributed by atoms with Gasteiger partial charge in [-0.15, -0.1) is 5.10 Å². The lowest BCUT2D eigenvalue weighted by molar-refractivity contribution is 0.102. The topological polar surface area (TPSA) is 76.5 Å². The first-order chi connectivity index (χ1) is 13.2. The van der Waals surface area contributed by atoms with Gasteiger partial charge in [-0.1, -0.05) is 49.0 Å². The number of nitrogens with one attached hydrogen (secondary N) is 1. The second kappa shape index (κ2) is 7.36. The predicted octanol–water partition coefficient (Wildman–Crippen LogP) is 3.99. The molecule has 0 amide bonds. The van der Waals surface area contributed by atoms with Crippen LogP contribution in [0.2, 0.25) is 0 Å². The highest BCUT2D eigenvalue weighted by Gasteiger charge is 2.16. The van der Waals surface area contributed by atoms with Crippen molar-refractivity contribution in [1.29, 1.82) is 0 Å². The van der Waals surface area contributed by atoms with Gasteiger partial charge in [-0.25, -0.2) is 0 Å². The van der Waals surface area contributed by atoms with Crippen LogP contribution in [-0.4, -0.2) is 36.7 Å². The Morgan fingerprint density at radius 2 is 2.07 bits per heavy atom. The molecule has 2 aromatic heterocycles. The van der Waals surface area contributed by atoms with Crippen molar-refractivity contribution in [1.82, 2.24) is 25.2 Å². The number of H-pyrrole nitrogens is 1. The quantitative estimate of drug-likeness (QED) is 0.406. The van der Waals surface area contributed by atoms with E-state index in [1.807, 2.05) is 43.3 Å². The maximum atomic E-state index is 12.8. The Bertz CT molecular complexity index is 1110. The number of thioether (sulfide) groups is 1. The van der Waals surface area contributed by atoms with Crippen LogP contribution in [0, 0.1) is 6.92 Å². The number of aryl methyl sites for hydroxylation is 2. The van der Waals surface area contributed by atoms with E-state index in [-0.39, 0.29) is 11.5 Å². The average Bonchev–Trinajstić information content (AvgIpc) is 3.32. The standard InChI is InChI=1S/C20H19N5OS/c1-3-14-7-5-9-16-17(11-21-19(14)16)18(26)12-27-20-22-23-24-25(20)15-8-4-6-13(2)10-15/h4-11,21H,3,12H2,1-2H3. The Morgan fingerprint density at radius 3 is 2.89 bits per heavy atom. The van der Waals surface area contributed by atoms with E-state index in [0.717, 1.165) is 28.6 Å². The summed E-state index contributed by atoms with van der Waals surface area (Å²) in [6.07, 6.45) is 2.72. The lowest BCUT2D eigenvalue weighted by Gasteiger charge is -2.05. The molecule has 0 bridgehead atoms. The summed E-state index contributed by atoms with van der Waals surface area (Å²) in [6, 6.07) is 14.0. The molecule has 0 radical (unpaired) electrons. The molecule has 0 spiro atoms. The van der Waals surface area contributed by atoms with Gasteiger partial charge in [0.15, 0.2) is 5.78 Å². The van der Waals surface area contributed by atoms with Crippen molar-refractivity contribution >= 4 is 28.4 Å². The number of ketones is 1. The van der Waals surface area contributed by atoms with Crippen molar-refractivity contribution in [3.8, 4) is 5.69 Å². The van der Waals surface area contributed by atoms with Crippen LogP contribution in [0.5, 0.6) is 0 Å². The zero-order valence-corrected chi connectivity index (χ0v) is 16.0. The van der Waals surface area contributed by atoms with Gasteiger partial charge in [-0.2, -0.15) is 4.68 Å². The molecule has 2 aromatic carbocycles. The Labute approximate surface area is 161 Å². The second-order valence-corrected chi connectivity index (χ2v) is 7.26. The number of Topliss-reactive ketones (excluding diaryl/α,β-unsaturated/α-hetero) is 1. The highest BCUT2D eigenvalue weighted by Crippen LogP contribution is 2.25. The van der Waals surface area contributed by atoms with E-state index < -0.39 is 0 Å². The monoisotopic (exact) mass is 377 g/mol. The van der Waals surface area contributed by atoms with Crippen molar-refractivity contribution in [2.24, 2.45) is 0 Å². The van der Waals surface area contributed by atoms with Crippen LogP contribution in [0.4, 0.5) is 0 Å². The summed E-state index contributed by atoms with van der Waals surface area (Å²) in [7, 11) is 0. The normalized spacial score (nSPS) is 11.2. The zero-order valence-electron chi connectivity index (χ0n) is 15.1. The average molecular weight is 377 g/mol. The van der Waals surface area contributed by atoms with Gasteiger partial charge < -0.3 is 4.98 Å². The van der Waals surface area contributed by atoms with Crippen molar-refractivity contribution in [3.05, 3.63) is 65.4 Å². The van der Waals surface area contributed by atoms with Crippen molar-refractivity contribution in [3.63, 3.8) is 0 Å². The molecule has 4 aromatic rings. The number of aromatic nitrogens is 5. The third-order valence-corrected chi connectivity index (χ3v) is 5.42. The number of tetrazole rings is 1. The van der Waals surface area contributed by atoms with Crippen LogP contribution < -0.4 is 0 Å². The number of carbonyl (C=O) groups is 1. The van der Waals surface area contributed by atoms with Gasteiger partial charge in [0.2, 0.25) is 5.16 Å². The summed E-state index contributed by atoms with van der Waals surface area (Å²) >= 11 is 1.34. The lowest BCUT2D eigenvalue weighted by Crippen LogP contribution is -2.04. The van der Waals surface area contributed by atoms with Gasteiger partial charge in [-0.3, -0.25) is 4.79 Å². The van der Waals surface area contributed by atoms with E-state index in [9.17, 15) is 4.79 Å². The SMILES string of the molecule is CCc1cccc2c(C(=O)CSc3nnnn3-c3cccc(C)c3)c[nH]c12. The van der Waals surface area contributed by atoms with Gasteiger partial charge in [0.1, 0.15) is 0 Å². The Balaban J connectivity index is 1.55. The molecule has 0 atom stereocenters. The number of para-hydroxylation sites is 1. The largest absolute Gasteiger partial charge is 0.360 e. The van der Waals surface area contributed by atoms with Crippen LogP contribution in [0.15, 0.2) is 53.8 Å². The second-order valence-electron chi connectivity index (χ2n) is 6.32. The number of rotatable bonds is 6. The van der Waals surface area contributed by atoms with Crippen LogP contribution in [0.1, 0.15) is 28.4 Å². The van der Waals surface area contributed by atoms with E-state index in [4.69, 9.17) is 0 Å². The number of hydrogen-bond donors (Lipinski definition) is 1. The number of hydrogen-bond acceptors (Lipinski definition) is 5. The number of fused-ring (bicyclic) bond motifs is 1. The lowest BCUT2D eigenvalue weighted by atomic mass is 10.1. The molecule has 0 unspecified atom stereocenters. The fourth-order valence-electron chi connectivity index (χ4n) is 3.14. The molecule has 4 rings (SSSR count). The van der Waals surface area contributed by atoms with E-state index in [1.165, 1.54) is 17.3 Å². The summed E-state index contributed by atoms with van der Waals surface area (Å²) in [5.74, 6) is 0.327. The molecule has 6 nitrogen and oxygen atoms in total. The number of benzene rings is 2. The van der Waals surface area contributed by atoms with Crippen LogP contribution in [-0.2, 0) is 6.42 Å².